The first kappa shape index (κ1) is 24.8. The lowest BCUT2D eigenvalue weighted by molar-refractivity contribution is -0.121. The van der Waals surface area contributed by atoms with Crippen LogP contribution in [0.1, 0.15) is 69.2 Å². The number of hydrogen-bond acceptors (Lipinski definition) is 3. The van der Waals surface area contributed by atoms with Gasteiger partial charge in [0, 0.05) is 29.2 Å². The number of Topliss-reactive ketones (excluding diaryl/α,β-unsaturated/α-hetero) is 1. The van der Waals surface area contributed by atoms with E-state index in [4.69, 9.17) is 5.10 Å². The minimum absolute atomic E-state index is 0.0683. The average molecular weight is 495 g/mol. The number of nitrogens with one attached hydrogen (secondary N) is 2. The first-order valence-corrected chi connectivity index (χ1v) is 13.0. The van der Waals surface area contributed by atoms with Crippen LogP contribution < -0.4 is 10.6 Å². The number of benzene rings is 3. The van der Waals surface area contributed by atoms with Gasteiger partial charge in [-0.25, -0.2) is 9.48 Å². The highest BCUT2D eigenvalue weighted by Crippen LogP contribution is 2.37. The lowest BCUT2D eigenvalue weighted by atomic mass is 9.81. The molecule has 1 saturated carbocycles. The summed E-state index contributed by atoms with van der Waals surface area (Å²) in [5.74, 6) is 0.843. The van der Waals surface area contributed by atoms with Gasteiger partial charge < -0.3 is 5.32 Å². The van der Waals surface area contributed by atoms with Crippen molar-refractivity contribution in [3.05, 3.63) is 83.6 Å². The highest BCUT2D eigenvalue weighted by atomic mass is 16.2. The van der Waals surface area contributed by atoms with Crippen molar-refractivity contribution >= 4 is 34.1 Å². The van der Waals surface area contributed by atoms with Crippen molar-refractivity contribution in [1.82, 2.24) is 9.78 Å². The number of aromatic nitrogens is 2. The first-order valence-electron chi connectivity index (χ1n) is 13.0. The number of urea groups is 1. The fraction of sp³-hybridized carbons (Fsp3) is 0.323. The smallest absolute Gasteiger partial charge is 0.307 e. The monoisotopic (exact) mass is 494 g/mol. The molecule has 5 rings (SSSR count). The topological polar surface area (TPSA) is 76.0 Å². The molecule has 2 N–H and O–H groups in total. The zero-order chi connectivity index (χ0) is 26.2. The second-order valence-electron chi connectivity index (χ2n) is 11.0. The van der Waals surface area contributed by atoms with Crippen LogP contribution in [-0.4, -0.2) is 21.6 Å². The number of fused-ring (bicyclic) bond motifs is 1. The Balaban J connectivity index is 1.45. The Hall–Kier alpha value is -3.93. The maximum absolute atomic E-state index is 13.2. The molecule has 0 saturated heterocycles. The van der Waals surface area contributed by atoms with Gasteiger partial charge >= 0.3 is 6.03 Å². The number of aryl methyl sites for hydroxylation is 1. The van der Waals surface area contributed by atoms with Gasteiger partial charge in [-0.2, -0.15) is 5.10 Å². The molecule has 6 heteroatoms. The summed E-state index contributed by atoms with van der Waals surface area (Å²) in [4.78, 5) is 25.9. The molecule has 0 spiro atoms. The van der Waals surface area contributed by atoms with Gasteiger partial charge in [0.1, 0.15) is 11.6 Å². The molecule has 1 heterocycles. The lowest BCUT2D eigenvalue weighted by Crippen LogP contribution is -2.22. The van der Waals surface area contributed by atoms with Gasteiger partial charge in [0.2, 0.25) is 0 Å². The summed E-state index contributed by atoms with van der Waals surface area (Å²) in [6.07, 6.45) is 3.57. The van der Waals surface area contributed by atoms with Crippen molar-refractivity contribution in [3.63, 3.8) is 0 Å². The van der Waals surface area contributed by atoms with Gasteiger partial charge in [-0.05, 0) is 48.9 Å². The molecule has 0 aliphatic heterocycles. The van der Waals surface area contributed by atoms with Crippen LogP contribution in [0.5, 0.6) is 0 Å². The summed E-state index contributed by atoms with van der Waals surface area (Å²) in [5.41, 5.74) is 4.50. The van der Waals surface area contributed by atoms with E-state index in [-0.39, 0.29) is 17.4 Å². The Bertz CT molecular complexity index is 1460. The zero-order valence-corrected chi connectivity index (χ0v) is 22.0. The molecular weight excluding hydrogens is 460 g/mol. The largest absolute Gasteiger partial charge is 0.324 e. The van der Waals surface area contributed by atoms with E-state index in [1.165, 1.54) is 0 Å². The lowest BCUT2D eigenvalue weighted by Gasteiger charge is -2.23. The van der Waals surface area contributed by atoms with E-state index in [1.807, 2.05) is 73.7 Å². The molecule has 0 radical (unpaired) electrons. The minimum Gasteiger partial charge on any atom is -0.307 e. The Morgan fingerprint density at radius 3 is 2.38 bits per heavy atom. The number of nitrogens with zero attached hydrogens (tertiary/aromatic N) is 2. The molecule has 37 heavy (non-hydrogen) atoms. The number of anilines is 2. The van der Waals surface area contributed by atoms with Crippen LogP contribution >= 0.6 is 0 Å². The number of amides is 2. The summed E-state index contributed by atoms with van der Waals surface area (Å²) >= 11 is 0. The molecule has 1 fully saturated rings. The molecule has 1 aliphatic rings. The second-order valence-corrected chi connectivity index (χ2v) is 11.0. The Morgan fingerprint density at radius 2 is 1.68 bits per heavy atom. The predicted molar refractivity (Wildman–Crippen MR) is 150 cm³/mol. The van der Waals surface area contributed by atoms with Gasteiger partial charge in [0.05, 0.1) is 17.1 Å². The van der Waals surface area contributed by atoms with E-state index in [2.05, 4.69) is 31.4 Å². The Morgan fingerprint density at radius 1 is 0.946 bits per heavy atom. The molecule has 6 nitrogen and oxygen atoms in total. The van der Waals surface area contributed by atoms with Gasteiger partial charge in [0.15, 0.2) is 0 Å². The summed E-state index contributed by atoms with van der Waals surface area (Å²) in [6, 6.07) is 21.5. The molecular formula is C31H34N4O2. The van der Waals surface area contributed by atoms with Crippen LogP contribution in [0.3, 0.4) is 0 Å². The van der Waals surface area contributed by atoms with E-state index >= 15 is 0 Å². The van der Waals surface area contributed by atoms with E-state index < -0.39 is 0 Å². The van der Waals surface area contributed by atoms with Crippen molar-refractivity contribution in [1.29, 1.82) is 0 Å². The van der Waals surface area contributed by atoms with Crippen LogP contribution in [0.2, 0.25) is 0 Å². The van der Waals surface area contributed by atoms with Crippen LogP contribution in [0, 0.1) is 6.92 Å². The van der Waals surface area contributed by atoms with E-state index in [1.54, 1.807) is 4.68 Å². The molecule has 190 valence electrons. The minimum atomic E-state index is -0.347. The first-order chi connectivity index (χ1) is 17.7. The highest BCUT2D eigenvalue weighted by Gasteiger charge is 2.26. The third-order valence-electron chi connectivity index (χ3n) is 7.13. The number of carbonyl (C=O) groups is 2. The van der Waals surface area contributed by atoms with Gasteiger partial charge in [0.25, 0.3) is 0 Å². The maximum Gasteiger partial charge on any atom is 0.324 e. The summed E-state index contributed by atoms with van der Waals surface area (Å²) in [7, 11) is 0. The number of ketones is 1. The third-order valence-corrected chi connectivity index (χ3v) is 7.13. The molecule has 4 aromatic rings. The van der Waals surface area contributed by atoms with E-state index in [0.717, 1.165) is 52.5 Å². The van der Waals surface area contributed by atoms with E-state index in [0.29, 0.717) is 23.7 Å². The summed E-state index contributed by atoms with van der Waals surface area (Å²) < 4.78 is 1.77. The van der Waals surface area contributed by atoms with Crippen LogP contribution in [0.4, 0.5) is 16.3 Å². The average Bonchev–Trinajstić information content (AvgIpc) is 3.29. The fourth-order valence-electron chi connectivity index (χ4n) is 5.04. The normalized spacial score (nSPS) is 16.1. The van der Waals surface area contributed by atoms with E-state index in [9.17, 15) is 9.59 Å². The number of rotatable bonds is 4. The Kier molecular flexibility index (Phi) is 6.59. The standard InChI is InChI=1S/C31H34N4O2/c1-20-13-15-21(16-14-20)35-29(19-28(34-35)31(2,3)4)33-30(37)32-26-18-17-23(22-9-5-6-10-24(22)26)25-11-7-8-12-27(25)36/h5-6,9-10,13-19,25H,7-8,11-12H2,1-4H3,(H2,32,33,37). The van der Waals surface area contributed by atoms with Crippen molar-refractivity contribution in [3.8, 4) is 5.69 Å². The van der Waals surface area contributed by atoms with Gasteiger partial charge in [-0.15, -0.1) is 0 Å². The van der Waals surface area contributed by atoms with Crippen molar-refractivity contribution in [2.75, 3.05) is 10.6 Å². The second kappa shape index (κ2) is 9.85. The van der Waals surface area contributed by atoms with Crippen LogP contribution in [-0.2, 0) is 10.2 Å². The molecule has 1 aliphatic carbocycles. The van der Waals surface area contributed by atoms with Crippen molar-refractivity contribution < 1.29 is 9.59 Å². The Labute approximate surface area is 218 Å². The number of carbonyl (C=O) groups excluding carboxylic acids is 2. The third kappa shape index (κ3) is 5.15. The van der Waals surface area contributed by atoms with Crippen molar-refractivity contribution in [2.24, 2.45) is 0 Å². The van der Waals surface area contributed by atoms with Gasteiger partial charge in [-0.1, -0.05) is 75.2 Å². The summed E-state index contributed by atoms with van der Waals surface area (Å²) in [6.45, 7) is 8.34. The van der Waals surface area contributed by atoms with Crippen LogP contribution in [0.15, 0.2) is 66.7 Å². The quantitative estimate of drug-likeness (QED) is 0.308. The summed E-state index contributed by atoms with van der Waals surface area (Å²) in [5, 5.41) is 12.8. The predicted octanol–water partition coefficient (Wildman–Crippen LogP) is 7.50. The highest BCUT2D eigenvalue weighted by molar-refractivity contribution is 6.07. The maximum atomic E-state index is 13.2. The fourth-order valence-corrected chi connectivity index (χ4v) is 5.04. The molecule has 1 aromatic heterocycles. The van der Waals surface area contributed by atoms with Crippen molar-refractivity contribution in [2.45, 2.75) is 64.7 Å². The zero-order valence-electron chi connectivity index (χ0n) is 22.0. The SMILES string of the molecule is Cc1ccc(-n2nc(C(C)(C)C)cc2NC(=O)Nc2ccc(C3CCCCC3=O)c3ccccc23)cc1. The molecule has 1 atom stereocenters. The molecule has 2 amide bonds. The van der Waals surface area contributed by atoms with Gasteiger partial charge in [-0.3, -0.25) is 10.1 Å². The molecule has 0 bridgehead atoms. The number of hydrogen-bond donors (Lipinski definition) is 2. The van der Waals surface area contributed by atoms with Crippen LogP contribution in [0.25, 0.3) is 16.5 Å². The molecule has 1 unspecified atom stereocenters. The molecule has 3 aromatic carbocycles.